The zero-order valence-corrected chi connectivity index (χ0v) is 17.3. The van der Waals surface area contributed by atoms with Gasteiger partial charge in [0.2, 0.25) is 5.91 Å². The molecule has 1 aliphatic heterocycles. The van der Waals surface area contributed by atoms with Crippen molar-refractivity contribution >= 4 is 23.3 Å². The Kier molecular flexibility index (Phi) is 6.87. The van der Waals surface area contributed by atoms with Gasteiger partial charge in [-0.25, -0.2) is 4.39 Å². The van der Waals surface area contributed by atoms with Gasteiger partial charge in [0.15, 0.2) is 5.78 Å². The molecule has 0 unspecified atom stereocenters. The Morgan fingerprint density at radius 2 is 1.86 bits per heavy atom. The number of ether oxygens (including phenoxy) is 1. The monoisotopic (exact) mass is 418 g/mol. The van der Waals surface area contributed by atoms with Crippen molar-refractivity contribution in [2.75, 3.05) is 33.3 Å². The van der Waals surface area contributed by atoms with Crippen LogP contribution in [0.5, 0.6) is 5.75 Å². The van der Waals surface area contributed by atoms with Gasteiger partial charge in [-0.05, 0) is 37.3 Å². The topological polar surface area (TPSA) is 49.9 Å². The Hall–Kier alpha value is -2.44. The quantitative estimate of drug-likeness (QED) is 0.673. The number of piperazine rings is 1. The maximum atomic E-state index is 14.0. The third-order valence-corrected chi connectivity index (χ3v) is 5.55. The molecule has 7 heteroatoms. The highest BCUT2D eigenvalue weighted by Crippen LogP contribution is 2.23. The van der Waals surface area contributed by atoms with Crippen molar-refractivity contribution in [3.8, 4) is 5.75 Å². The summed E-state index contributed by atoms with van der Waals surface area (Å²) in [6.45, 7) is 4.30. The van der Waals surface area contributed by atoms with Gasteiger partial charge in [-0.1, -0.05) is 17.7 Å². The van der Waals surface area contributed by atoms with E-state index in [-0.39, 0.29) is 23.9 Å². The lowest BCUT2D eigenvalue weighted by atomic mass is 10.0. The van der Waals surface area contributed by atoms with Gasteiger partial charge < -0.3 is 9.64 Å². The molecule has 5 nitrogen and oxygen atoms in total. The van der Waals surface area contributed by atoms with Crippen molar-refractivity contribution in [3.63, 3.8) is 0 Å². The zero-order valence-electron chi connectivity index (χ0n) is 16.6. The highest BCUT2D eigenvalue weighted by Gasteiger charge is 2.23. The molecular weight excluding hydrogens is 395 g/mol. The van der Waals surface area contributed by atoms with Crippen LogP contribution in [0.15, 0.2) is 36.4 Å². The van der Waals surface area contributed by atoms with Gasteiger partial charge >= 0.3 is 0 Å². The van der Waals surface area contributed by atoms with E-state index < -0.39 is 0 Å². The molecule has 29 heavy (non-hydrogen) atoms. The summed E-state index contributed by atoms with van der Waals surface area (Å²) >= 11 is 6.11. The number of benzene rings is 2. The molecule has 2 aromatic rings. The van der Waals surface area contributed by atoms with Crippen LogP contribution in [0, 0.1) is 5.82 Å². The minimum Gasteiger partial charge on any atom is -0.496 e. The second-order valence-electron chi connectivity index (χ2n) is 7.12. The van der Waals surface area contributed by atoms with E-state index in [2.05, 4.69) is 4.90 Å². The number of carbonyl (C=O) groups is 2. The van der Waals surface area contributed by atoms with Gasteiger partial charge in [-0.2, -0.15) is 0 Å². The second-order valence-corrected chi connectivity index (χ2v) is 7.52. The predicted octanol–water partition coefficient (Wildman–Crippen LogP) is 3.58. The van der Waals surface area contributed by atoms with E-state index in [0.29, 0.717) is 60.2 Å². The normalized spacial score (nSPS) is 14.7. The molecule has 0 bridgehead atoms. The van der Waals surface area contributed by atoms with Crippen molar-refractivity contribution in [3.05, 3.63) is 63.9 Å². The number of amides is 1. The molecule has 2 aromatic carbocycles. The number of hydrogen-bond acceptors (Lipinski definition) is 4. The first-order valence-corrected chi connectivity index (χ1v) is 9.87. The maximum Gasteiger partial charge on any atom is 0.227 e. The highest BCUT2D eigenvalue weighted by molar-refractivity contribution is 6.31. The van der Waals surface area contributed by atoms with E-state index in [1.54, 1.807) is 42.3 Å². The molecule has 1 aliphatic rings. The van der Waals surface area contributed by atoms with Crippen molar-refractivity contribution in [2.24, 2.45) is 0 Å². The number of nitrogens with zero attached hydrogens (tertiary/aromatic N) is 2. The van der Waals surface area contributed by atoms with Crippen LogP contribution in [-0.4, -0.2) is 54.8 Å². The first kappa shape index (κ1) is 21.3. The van der Waals surface area contributed by atoms with Crippen molar-refractivity contribution in [1.82, 2.24) is 9.80 Å². The molecule has 3 rings (SSSR count). The van der Waals surface area contributed by atoms with Crippen molar-refractivity contribution < 1.29 is 18.7 Å². The molecule has 0 spiro atoms. The molecule has 1 heterocycles. The fraction of sp³-hybridized carbons (Fsp3) is 0.364. The van der Waals surface area contributed by atoms with E-state index in [9.17, 15) is 14.0 Å². The number of rotatable bonds is 6. The Balaban J connectivity index is 1.61. The lowest BCUT2D eigenvalue weighted by Crippen LogP contribution is -2.48. The summed E-state index contributed by atoms with van der Waals surface area (Å²) in [5.41, 5.74) is 1.74. The molecular formula is C22H24ClFN2O3. The lowest BCUT2D eigenvalue weighted by molar-refractivity contribution is -0.132. The molecule has 1 saturated heterocycles. The van der Waals surface area contributed by atoms with E-state index in [4.69, 9.17) is 16.3 Å². The third kappa shape index (κ3) is 5.14. The molecule has 1 fully saturated rings. The minimum atomic E-state index is -0.312. The Morgan fingerprint density at radius 3 is 2.48 bits per heavy atom. The fourth-order valence-electron chi connectivity index (χ4n) is 3.47. The van der Waals surface area contributed by atoms with Gasteiger partial charge in [0.1, 0.15) is 11.6 Å². The summed E-state index contributed by atoms with van der Waals surface area (Å²) in [6.07, 6.45) is 0.170. The van der Waals surface area contributed by atoms with Crippen LogP contribution in [-0.2, 0) is 17.8 Å². The summed E-state index contributed by atoms with van der Waals surface area (Å²) in [5.74, 6) is 0.207. The number of carbonyl (C=O) groups excluding carboxylic acids is 2. The van der Waals surface area contributed by atoms with Crippen LogP contribution in [0.2, 0.25) is 5.02 Å². The number of Topliss-reactive ketones (excluding diaryl/α,β-unsaturated/α-hetero) is 1. The average Bonchev–Trinajstić information content (AvgIpc) is 2.71. The van der Waals surface area contributed by atoms with Gasteiger partial charge in [-0.15, -0.1) is 0 Å². The Bertz CT molecular complexity index is 891. The molecule has 0 atom stereocenters. The molecule has 0 aliphatic carbocycles. The van der Waals surface area contributed by atoms with E-state index >= 15 is 0 Å². The van der Waals surface area contributed by atoms with Crippen molar-refractivity contribution in [1.29, 1.82) is 0 Å². The maximum absolute atomic E-state index is 14.0. The van der Waals surface area contributed by atoms with Crippen LogP contribution in [0.25, 0.3) is 0 Å². The predicted molar refractivity (Wildman–Crippen MR) is 110 cm³/mol. The highest BCUT2D eigenvalue weighted by atomic mass is 35.5. The number of ketones is 1. The Labute approximate surface area is 175 Å². The summed E-state index contributed by atoms with van der Waals surface area (Å²) < 4.78 is 19.3. The summed E-state index contributed by atoms with van der Waals surface area (Å²) in [6, 6.07) is 9.81. The third-order valence-electron chi connectivity index (χ3n) is 5.20. The lowest BCUT2D eigenvalue weighted by Gasteiger charge is -2.35. The van der Waals surface area contributed by atoms with E-state index in [0.717, 1.165) is 0 Å². The van der Waals surface area contributed by atoms with Crippen LogP contribution in [0.4, 0.5) is 4.39 Å². The first-order valence-electron chi connectivity index (χ1n) is 9.50. The molecule has 0 aromatic heterocycles. The summed E-state index contributed by atoms with van der Waals surface area (Å²) in [5, 5.41) is 0.418. The number of methoxy groups -OCH3 is 1. The number of halogens is 2. The van der Waals surface area contributed by atoms with Gasteiger partial charge in [-0.3, -0.25) is 14.5 Å². The number of hydrogen-bond donors (Lipinski definition) is 0. The molecule has 1 amide bonds. The molecule has 0 radical (unpaired) electrons. The van der Waals surface area contributed by atoms with Crippen LogP contribution in [0.1, 0.15) is 28.4 Å². The van der Waals surface area contributed by atoms with E-state index in [1.165, 1.54) is 13.0 Å². The van der Waals surface area contributed by atoms with Crippen LogP contribution >= 0.6 is 11.6 Å². The standard InChI is InChI=1S/C22H24ClFN2O3/c1-15(27)16-6-7-21(29-2)17(12-16)13-22(28)26-10-8-25(9-11-26)14-18-19(23)4-3-5-20(18)24/h3-7,12H,8-11,13-14H2,1-2H3. The molecule has 0 saturated carbocycles. The Morgan fingerprint density at radius 1 is 1.14 bits per heavy atom. The van der Waals surface area contributed by atoms with Crippen LogP contribution in [0.3, 0.4) is 0 Å². The van der Waals surface area contributed by atoms with Gasteiger partial charge in [0, 0.05) is 54.4 Å². The van der Waals surface area contributed by atoms with Gasteiger partial charge in [0.05, 0.1) is 13.5 Å². The summed E-state index contributed by atoms with van der Waals surface area (Å²) in [7, 11) is 1.55. The smallest absolute Gasteiger partial charge is 0.227 e. The summed E-state index contributed by atoms with van der Waals surface area (Å²) in [4.78, 5) is 28.3. The second kappa shape index (κ2) is 9.37. The largest absolute Gasteiger partial charge is 0.496 e. The van der Waals surface area contributed by atoms with Crippen molar-refractivity contribution in [2.45, 2.75) is 19.9 Å². The average molecular weight is 419 g/mol. The zero-order chi connectivity index (χ0) is 21.0. The minimum absolute atomic E-state index is 0.0208. The van der Waals surface area contributed by atoms with Crippen LogP contribution < -0.4 is 4.74 Å². The van der Waals surface area contributed by atoms with E-state index in [1.807, 2.05) is 0 Å². The molecule has 0 N–H and O–H groups in total. The first-order chi connectivity index (χ1) is 13.9. The SMILES string of the molecule is COc1ccc(C(C)=O)cc1CC(=O)N1CCN(Cc2c(F)cccc2Cl)CC1. The van der Waals surface area contributed by atoms with Gasteiger partial charge in [0.25, 0.3) is 0 Å². The molecule has 154 valence electrons. The fourth-order valence-corrected chi connectivity index (χ4v) is 3.70.